The molecule has 5 aromatic rings. The number of aliphatic hydroxyl groups excluding tert-OH is 1. The molecule has 0 spiro atoms. The van der Waals surface area contributed by atoms with Crippen LogP contribution in [0.15, 0.2) is 30.3 Å². The smallest absolute Gasteiger partial charge is 0.220 e. The quantitative estimate of drug-likeness (QED) is 0.339. The molecule has 2 N–H and O–H groups in total. The van der Waals surface area contributed by atoms with E-state index in [0.29, 0.717) is 53.4 Å². The predicted molar refractivity (Wildman–Crippen MR) is 150 cm³/mol. The van der Waals surface area contributed by atoms with Crippen LogP contribution in [0.3, 0.4) is 0 Å². The number of likely N-dealkylation sites (N-methyl/N-ethyl adjacent to an activating group) is 1. The van der Waals surface area contributed by atoms with Gasteiger partial charge in [0, 0.05) is 43.6 Å². The van der Waals surface area contributed by atoms with E-state index >= 15 is 4.39 Å². The van der Waals surface area contributed by atoms with Crippen LogP contribution in [0, 0.1) is 5.82 Å². The SMILES string of the molecule is CCN1Cc2c3cc(ccc3nn2C[C@H](C)O)-c2[nH]nc3c(F)cc(cc23)-c2c(COC)nn(C)c2O[C@@H](C)C1. The van der Waals surface area contributed by atoms with E-state index in [2.05, 4.69) is 33.2 Å². The molecule has 2 aromatic carbocycles. The normalized spacial score (nSPS) is 16.8. The van der Waals surface area contributed by atoms with Crippen molar-refractivity contribution in [1.29, 1.82) is 0 Å². The van der Waals surface area contributed by atoms with Gasteiger partial charge in [0.15, 0.2) is 5.82 Å². The van der Waals surface area contributed by atoms with Gasteiger partial charge in [-0.05, 0) is 50.2 Å². The Morgan fingerprint density at radius 1 is 1.20 bits per heavy atom. The van der Waals surface area contributed by atoms with Gasteiger partial charge in [0.25, 0.3) is 0 Å². The highest BCUT2D eigenvalue weighted by Gasteiger charge is 2.26. The molecule has 0 radical (unpaired) electrons. The van der Waals surface area contributed by atoms with Crippen LogP contribution in [0.4, 0.5) is 4.39 Å². The second-order valence-corrected chi connectivity index (χ2v) is 10.6. The molecular weight excluding hydrogens is 513 g/mol. The number of nitrogens with zero attached hydrogens (tertiary/aromatic N) is 6. The lowest BCUT2D eigenvalue weighted by atomic mass is 10.00. The second kappa shape index (κ2) is 10.3. The van der Waals surface area contributed by atoms with Gasteiger partial charge in [-0.25, -0.2) is 9.07 Å². The van der Waals surface area contributed by atoms with Gasteiger partial charge in [0.2, 0.25) is 5.88 Å². The van der Waals surface area contributed by atoms with Crippen LogP contribution in [0.25, 0.3) is 44.2 Å². The Bertz CT molecular complexity index is 1700. The lowest BCUT2D eigenvalue weighted by Crippen LogP contribution is -2.34. The number of methoxy groups -OCH3 is 1. The molecule has 0 saturated heterocycles. The average molecular weight is 548 g/mol. The van der Waals surface area contributed by atoms with E-state index in [1.165, 1.54) is 6.07 Å². The maximum atomic E-state index is 15.6. The molecule has 11 heteroatoms. The van der Waals surface area contributed by atoms with Crippen molar-refractivity contribution in [3.8, 4) is 28.3 Å². The Hall–Kier alpha value is -3.80. The third-order valence-electron chi connectivity index (χ3n) is 7.47. The van der Waals surface area contributed by atoms with Gasteiger partial charge in [-0.1, -0.05) is 13.0 Å². The highest BCUT2D eigenvalue weighted by atomic mass is 19.1. The summed E-state index contributed by atoms with van der Waals surface area (Å²) >= 11 is 0. The molecule has 2 atom stereocenters. The van der Waals surface area contributed by atoms with Gasteiger partial charge < -0.3 is 14.6 Å². The summed E-state index contributed by atoms with van der Waals surface area (Å²) in [5.74, 6) is 0.116. The van der Waals surface area contributed by atoms with Crippen LogP contribution in [0.5, 0.6) is 5.88 Å². The molecule has 4 heterocycles. The zero-order valence-electron chi connectivity index (χ0n) is 23.4. The molecule has 6 rings (SSSR count). The van der Waals surface area contributed by atoms with Crippen molar-refractivity contribution >= 4 is 21.8 Å². The fourth-order valence-corrected chi connectivity index (χ4v) is 5.68. The van der Waals surface area contributed by atoms with Gasteiger partial charge in [-0.15, -0.1) is 0 Å². The molecule has 1 aliphatic rings. The van der Waals surface area contributed by atoms with Crippen molar-refractivity contribution in [2.45, 2.75) is 52.7 Å². The summed E-state index contributed by atoms with van der Waals surface area (Å²) in [7, 11) is 3.44. The topological polar surface area (TPSA) is 106 Å². The number of benzene rings is 2. The van der Waals surface area contributed by atoms with E-state index in [9.17, 15) is 5.11 Å². The Kier molecular flexibility index (Phi) is 6.81. The van der Waals surface area contributed by atoms with Crippen molar-refractivity contribution in [1.82, 2.24) is 34.7 Å². The van der Waals surface area contributed by atoms with Gasteiger partial charge in [0.1, 0.15) is 11.6 Å². The fourth-order valence-electron chi connectivity index (χ4n) is 5.68. The predicted octanol–water partition coefficient (Wildman–Crippen LogP) is 4.25. The monoisotopic (exact) mass is 547 g/mol. The molecule has 1 aliphatic heterocycles. The summed E-state index contributed by atoms with van der Waals surface area (Å²) in [6.45, 7) is 8.58. The van der Waals surface area contributed by atoms with Crippen LogP contribution in [0.2, 0.25) is 0 Å². The van der Waals surface area contributed by atoms with Gasteiger partial charge in [-0.2, -0.15) is 15.3 Å². The highest BCUT2D eigenvalue weighted by molar-refractivity contribution is 5.98. The summed E-state index contributed by atoms with van der Waals surface area (Å²) in [4.78, 5) is 2.30. The van der Waals surface area contributed by atoms with Crippen molar-refractivity contribution in [2.75, 3.05) is 20.2 Å². The van der Waals surface area contributed by atoms with Crippen molar-refractivity contribution in [2.24, 2.45) is 7.05 Å². The first-order valence-electron chi connectivity index (χ1n) is 13.6. The molecule has 10 nitrogen and oxygen atoms in total. The first-order chi connectivity index (χ1) is 19.3. The number of halogens is 1. The molecule has 0 saturated carbocycles. The van der Waals surface area contributed by atoms with Gasteiger partial charge in [0.05, 0.1) is 47.4 Å². The lowest BCUT2D eigenvalue weighted by Gasteiger charge is -2.26. The lowest BCUT2D eigenvalue weighted by molar-refractivity contribution is 0.131. The largest absolute Gasteiger partial charge is 0.473 e. The number of aromatic amines is 1. The Morgan fingerprint density at radius 2 is 2.00 bits per heavy atom. The summed E-state index contributed by atoms with van der Waals surface area (Å²) in [6, 6.07) is 9.43. The molecule has 210 valence electrons. The Balaban J connectivity index is 1.63. The van der Waals surface area contributed by atoms with E-state index in [1.807, 2.05) is 36.9 Å². The number of H-pyrrole nitrogens is 1. The first kappa shape index (κ1) is 26.4. The number of rotatable bonds is 5. The highest BCUT2D eigenvalue weighted by Crippen LogP contribution is 2.39. The minimum atomic E-state index is -0.554. The van der Waals surface area contributed by atoms with Crippen molar-refractivity contribution < 1.29 is 19.0 Å². The van der Waals surface area contributed by atoms with E-state index < -0.39 is 11.9 Å². The summed E-state index contributed by atoms with van der Waals surface area (Å²) in [6.07, 6.45) is -0.760. The summed E-state index contributed by atoms with van der Waals surface area (Å²) < 4.78 is 31.1. The van der Waals surface area contributed by atoms with Crippen LogP contribution >= 0.6 is 0 Å². The van der Waals surface area contributed by atoms with Crippen LogP contribution in [-0.4, -0.2) is 72.2 Å². The third-order valence-corrected chi connectivity index (χ3v) is 7.47. The van der Waals surface area contributed by atoms with E-state index in [1.54, 1.807) is 18.7 Å². The molecule has 0 fully saturated rings. The molecular formula is C29H34FN7O3. The number of nitrogens with one attached hydrogen (secondary N) is 1. The van der Waals surface area contributed by atoms with Crippen LogP contribution in [0.1, 0.15) is 32.2 Å². The maximum Gasteiger partial charge on any atom is 0.220 e. The zero-order chi connectivity index (χ0) is 28.1. The van der Waals surface area contributed by atoms with Crippen LogP contribution < -0.4 is 4.74 Å². The third kappa shape index (κ3) is 4.53. The Labute approximate surface area is 231 Å². The Morgan fingerprint density at radius 3 is 2.75 bits per heavy atom. The summed E-state index contributed by atoms with van der Waals surface area (Å²) in [5, 5.41) is 28.7. The number of aromatic nitrogens is 6. The summed E-state index contributed by atoms with van der Waals surface area (Å²) in [5.41, 5.74) is 5.69. The zero-order valence-corrected chi connectivity index (χ0v) is 23.4. The van der Waals surface area contributed by atoms with E-state index in [0.717, 1.165) is 28.7 Å². The number of hydrogen-bond acceptors (Lipinski definition) is 7. The number of hydrogen-bond donors (Lipinski definition) is 2. The molecule has 4 bridgehead atoms. The fraction of sp³-hybridized carbons (Fsp3) is 0.414. The number of aryl methyl sites for hydroxylation is 1. The number of aliphatic hydroxyl groups is 1. The van der Waals surface area contributed by atoms with E-state index in [4.69, 9.17) is 14.6 Å². The van der Waals surface area contributed by atoms with E-state index in [-0.39, 0.29) is 18.2 Å². The molecule has 3 aromatic heterocycles. The maximum absolute atomic E-state index is 15.6. The molecule has 0 aliphatic carbocycles. The second-order valence-electron chi connectivity index (χ2n) is 10.6. The standard InChI is InChI=1S/C29H34FN7O3/c1-6-36-13-17(3)40-29-26(24(15-39-5)33-35(29)4)19-10-21-27(31-32-28(21)22(30)11-19)18-7-8-23-20(9-18)25(14-36)37(34-23)12-16(2)38/h7-11,16-17,38H,6,12-15H2,1-5H3,(H,31,32)/t16-,17-/m0/s1. The van der Waals surface area contributed by atoms with Gasteiger partial charge in [-0.3, -0.25) is 14.7 Å². The average Bonchev–Trinajstić information content (AvgIpc) is 3.57. The van der Waals surface area contributed by atoms with Crippen molar-refractivity contribution in [3.63, 3.8) is 0 Å². The van der Waals surface area contributed by atoms with Gasteiger partial charge >= 0.3 is 0 Å². The minimum Gasteiger partial charge on any atom is -0.473 e. The van der Waals surface area contributed by atoms with Crippen molar-refractivity contribution in [3.05, 3.63) is 47.5 Å². The molecule has 40 heavy (non-hydrogen) atoms. The molecule has 0 amide bonds. The number of ether oxygens (including phenoxy) is 2. The number of fused-ring (bicyclic) bond motifs is 5. The molecule has 0 unspecified atom stereocenters. The first-order valence-corrected chi connectivity index (χ1v) is 13.6. The van der Waals surface area contributed by atoms with Crippen LogP contribution in [-0.2, 0) is 31.5 Å². The minimum absolute atomic E-state index is 0.206.